The molecule has 22 heavy (non-hydrogen) atoms. The molecule has 118 valence electrons. The molecule has 1 nitrogen and oxygen atoms in total. The Hall–Kier alpha value is -1.81. The van der Waals surface area contributed by atoms with E-state index in [0.29, 0.717) is 12.1 Å². The van der Waals surface area contributed by atoms with Crippen LogP contribution in [0.4, 0.5) is 13.2 Å². The van der Waals surface area contributed by atoms with Gasteiger partial charge in [-0.1, -0.05) is 48.5 Å². The van der Waals surface area contributed by atoms with E-state index < -0.39 is 11.7 Å². The third-order valence-electron chi connectivity index (χ3n) is 3.50. The van der Waals surface area contributed by atoms with Gasteiger partial charge in [-0.3, -0.25) is 0 Å². The summed E-state index contributed by atoms with van der Waals surface area (Å²) in [7, 11) is 0. The number of benzene rings is 2. The van der Waals surface area contributed by atoms with E-state index in [-0.39, 0.29) is 0 Å². The minimum Gasteiger partial charge on any atom is -0.313 e. The van der Waals surface area contributed by atoms with Crippen molar-refractivity contribution in [2.75, 3.05) is 6.54 Å². The molecule has 1 N–H and O–H groups in total. The number of hydrogen-bond donors (Lipinski definition) is 1. The summed E-state index contributed by atoms with van der Waals surface area (Å²) >= 11 is 0. The van der Waals surface area contributed by atoms with Crippen molar-refractivity contribution in [1.29, 1.82) is 0 Å². The molecule has 0 radical (unpaired) electrons. The van der Waals surface area contributed by atoms with Crippen LogP contribution >= 0.6 is 0 Å². The number of alkyl halides is 3. The summed E-state index contributed by atoms with van der Waals surface area (Å²) < 4.78 is 37.8. The first-order valence-electron chi connectivity index (χ1n) is 7.46. The smallest absolute Gasteiger partial charge is 0.313 e. The Morgan fingerprint density at radius 3 is 2.27 bits per heavy atom. The molecule has 0 spiro atoms. The van der Waals surface area contributed by atoms with E-state index >= 15 is 0 Å². The Kier molecular flexibility index (Phi) is 6.01. The first kappa shape index (κ1) is 16.6. The van der Waals surface area contributed by atoms with Crippen LogP contribution in [0.25, 0.3) is 0 Å². The molecule has 2 aromatic carbocycles. The van der Waals surface area contributed by atoms with Crippen molar-refractivity contribution in [3.8, 4) is 0 Å². The monoisotopic (exact) mass is 307 g/mol. The largest absolute Gasteiger partial charge is 0.416 e. The van der Waals surface area contributed by atoms with E-state index in [9.17, 15) is 13.2 Å². The van der Waals surface area contributed by atoms with E-state index in [0.717, 1.165) is 31.9 Å². The van der Waals surface area contributed by atoms with Crippen molar-refractivity contribution in [3.05, 3.63) is 71.3 Å². The van der Waals surface area contributed by atoms with Gasteiger partial charge in [0.2, 0.25) is 0 Å². The van der Waals surface area contributed by atoms with Gasteiger partial charge in [0.25, 0.3) is 0 Å². The second kappa shape index (κ2) is 7.99. The van der Waals surface area contributed by atoms with Gasteiger partial charge >= 0.3 is 6.18 Å². The van der Waals surface area contributed by atoms with Crippen LogP contribution in [0.3, 0.4) is 0 Å². The Morgan fingerprint density at radius 1 is 0.818 bits per heavy atom. The highest BCUT2D eigenvalue weighted by Gasteiger charge is 2.30. The summed E-state index contributed by atoms with van der Waals surface area (Å²) in [5.74, 6) is 0. The van der Waals surface area contributed by atoms with Gasteiger partial charge in [-0.15, -0.1) is 0 Å². The van der Waals surface area contributed by atoms with E-state index in [4.69, 9.17) is 0 Å². The topological polar surface area (TPSA) is 12.0 Å². The molecule has 0 aliphatic carbocycles. The van der Waals surface area contributed by atoms with E-state index in [1.165, 1.54) is 17.7 Å². The minimum absolute atomic E-state index is 0.468. The molecule has 0 aromatic heterocycles. The predicted molar refractivity (Wildman–Crippen MR) is 82.5 cm³/mol. The lowest BCUT2D eigenvalue weighted by molar-refractivity contribution is -0.137. The molecule has 0 unspecified atom stereocenters. The average molecular weight is 307 g/mol. The zero-order valence-corrected chi connectivity index (χ0v) is 12.4. The molecule has 4 heteroatoms. The summed E-state index contributed by atoms with van der Waals surface area (Å²) in [5.41, 5.74) is 1.40. The molecule has 0 fully saturated rings. The molecule has 0 amide bonds. The third-order valence-corrected chi connectivity index (χ3v) is 3.50. The molecular weight excluding hydrogens is 287 g/mol. The Labute approximate surface area is 129 Å². The second-order valence-corrected chi connectivity index (χ2v) is 5.32. The van der Waals surface area contributed by atoms with Gasteiger partial charge in [0.15, 0.2) is 0 Å². The van der Waals surface area contributed by atoms with Crippen molar-refractivity contribution in [1.82, 2.24) is 5.32 Å². The van der Waals surface area contributed by atoms with Crippen molar-refractivity contribution in [3.63, 3.8) is 0 Å². The number of hydrogen-bond acceptors (Lipinski definition) is 1. The molecule has 0 bridgehead atoms. The predicted octanol–water partition coefficient (Wildman–Crippen LogP) is 4.82. The molecule has 2 rings (SSSR count). The molecule has 0 aliphatic heterocycles. The van der Waals surface area contributed by atoms with Crippen molar-refractivity contribution < 1.29 is 13.2 Å². The molecule has 0 aliphatic rings. The van der Waals surface area contributed by atoms with Gasteiger partial charge in [-0.05, 0) is 43.0 Å². The molecule has 2 aromatic rings. The van der Waals surface area contributed by atoms with Gasteiger partial charge in [-0.2, -0.15) is 13.2 Å². The van der Waals surface area contributed by atoms with Crippen LogP contribution in [-0.2, 0) is 19.1 Å². The molecule has 0 atom stereocenters. The lowest BCUT2D eigenvalue weighted by Crippen LogP contribution is -2.15. The van der Waals surface area contributed by atoms with Gasteiger partial charge in [0.05, 0.1) is 5.56 Å². The minimum atomic E-state index is -4.27. The maximum absolute atomic E-state index is 12.6. The van der Waals surface area contributed by atoms with Crippen LogP contribution < -0.4 is 5.32 Å². The number of aryl methyl sites for hydroxylation is 1. The first-order chi connectivity index (χ1) is 10.6. The van der Waals surface area contributed by atoms with Crippen LogP contribution in [0.2, 0.25) is 0 Å². The molecule has 0 saturated carbocycles. The molecular formula is C18H20F3N. The second-order valence-electron chi connectivity index (χ2n) is 5.32. The fourth-order valence-corrected chi connectivity index (χ4v) is 2.31. The lowest BCUT2D eigenvalue weighted by Gasteiger charge is -2.09. The highest BCUT2D eigenvalue weighted by Crippen LogP contribution is 2.29. The maximum atomic E-state index is 12.6. The number of nitrogens with one attached hydrogen (secondary N) is 1. The summed E-state index contributed by atoms with van der Waals surface area (Å²) in [5, 5.41) is 3.20. The third kappa shape index (κ3) is 5.53. The highest BCUT2D eigenvalue weighted by atomic mass is 19.4. The number of unbranched alkanes of at least 4 members (excludes halogenated alkanes) is 1. The van der Waals surface area contributed by atoms with Crippen molar-refractivity contribution in [2.45, 2.75) is 32.0 Å². The van der Waals surface area contributed by atoms with E-state index in [2.05, 4.69) is 17.4 Å². The van der Waals surface area contributed by atoms with Gasteiger partial charge < -0.3 is 5.32 Å². The Bertz CT molecular complexity index is 564. The number of halogens is 3. The van der Waals surface area contributed by atoms with Gasteiger partial charge in [-0.25, -0.2) is 0 Å². The fourth-order valence-electron chi connectivity index (χ4n) is 2.31. The Balaban J connectivity index is 1.67. The van der Waals surface area contributed by atoms with Crippen molar-refractivity contribution >= 4 is 0 Å². The molecule has 0 saturated heterocycles. The molecule has 0 heterocycles. The summed E-state index contributed by atoms with van der Waals surface area (Å²) in [6.45, 7) is 1.28. The Morgan fingerprint density at radius 2 is 1.55 bits per heavy atom. The van der Waals surface area contributed by atoms with Crippen molar-refractivity contribution in [2.24, 2.45) is 0 Å². The zero-order valence-electron chi connectivity index (χ0n) is 12.4. The van der Waals surface area contributed by atoms with E-state index in [1.54, 1.807) is 6.07 Å². The normalized spacial score (nSPS) is 11.6. The SMILES string of the molecule is FC(F)(F)c1cccc(CNCCCCc2ccccc2)c1. The first-order valence-corrected chi connectivity index (χ1v) is 7.46. The quantitative estimate of drug-likeness (QED) is 0.723. The van der Waals surface area contributed by atoms with E-state index in [1.807, 2.05) is 18.2 Å². The summed E-state index contributed by atoms with van der Waals surface area (Å²) in [6, 6.07) is 15.7. The highest BCUT2D eigenvalue weighted by molar-refractivity contribution is 5.25. The van der Waals surface area contributed by atoms with Crippen LogP contribution in [0, 0.1) is 0 Å². The zero-order chi connectivity index (χ0) is 15.8. The summed E-state index contributed by atoms with van der Waals surface area (Å²) in [6.07, 6.45) is -1.16. The van der Waals surface area contributed by atoms with Gasteiger partial charge in [0, 0.05) is 6.54 Å². The standard InChI is InChI=1S/C18H20F3N/c19-18(20,21)17-11-6-10-16(13-17)14-22-12-5-4-9-15-7-2-1-3-8-15/h1-3,6-8,10-11,13,22H,4-5,9,12,14H2. The number of rotatable bonds is 7. The lowest BCUT2D eigenvalue weighted by atomic mass is 10.1. The fraction of sp³-hybridized carbons (Fsp3) is 0.333. The van der Waals surface area contributed by atoms with Crippen LogP contribution in [0.15, 0.2) is 54.6 Å². The van der Waals surface area contributed by atoms with Crippen LogP contribution in [-0.4, -0.2) is 6.54 Å². The maximum Gasteiger partial charge on any atom is 0.416 e. The van der Waals surface area contributed by atoms with Crippen LogP contribution in [0.5, 0.6) is 0 Å². The van der Waals surface area contributed by atoms with Gasteiger partial charge in [0.1, 0.15) is 0 Å². The van der Waals surface area contributed by atoms with Crippen LogP contribution in [0.1, 0.15) is 29.5 Å². The average Bonchev–Trinajstić information content (AvgIpc) is 2.51. The summed E-state index contributed by atoms with van der Waals surface area (Å²) in [4.78, 5) is 0.